The van der Waals surface area contributed by atoms with Crippen molar-refractivity contribution in [2.24, 2.45) is 0 Å². The molecule has 22 heavy (non-hydrogen) atoms. The lowest BCUT2D eigenvalue weighted by Crippen LogP contribution is -2.40. The molecule has 124 valence electrons. The topological polar surface area (TPSA) is 92.0 Å². The van der Waals surface area contributed by atoms with Crippen molar-refractivity contribution in [3.05, 3.63) is 23.7 Å². The van der Waals surface area contributed by atoms with Crippen LogP contribution >= 0.6 is 0 Å². The van der Waals surface area contributed by atoms with Gasteiger partial charge >= 0.3 is 12.1 Å². The second-order valence-corrected chi connectivity index (χ2v) is 5.84. The predicted molar refractivity (Wildman–Crippen MR) is 80.9 cm³/mol. The highest BCUT2D eigenvalue weighted by atomic mass is 16.6. The summed E-state index contributed by atoms with van der Waals surface area (Å²) in [7, 11) is 0. The molecule has 1 aromatic heterocycles. The van der Waals surface area contributed by atoms with Crippen molar-refractivity contribution in [1.82, 2.24) is 10.2 Å². The van der Waals surface area contributed by atoms with Crippen LogP contribution in [0.3, 0.4) is 0 Å². The van der Waals surface area contributed by atoms with Gasteiger partial charge in [-0.15, -0.1) is 0 Å². The van der Waals surface area contributed by atoms with E-state index >= 15 is 0 Å². The van der Waals surface area contributed by atoms with Crippen LogP contribution in [0.15, 0.2) is 16.7 Å². The highest BCUT2D eigenvalue weighted by Gasteiger charge is 2.20. The van der Waals surface area contributed by atoms with Crippen LogP contribution in [0, 0.1) is 0 Å². The predicted octanol–water partition coefficient (Wildman–Crippen LogP) is 2.32. The molecule has 1 rings (SSSR count). The molecule has 1 aromatic rings. The molecule has 2 N–H and O–H groups in total. The maximum absolute atomic E-state index is 11.9. The number of carbonyl (C=O) groups is 2. The fraction of sp³-hybridized carbons (Fsp3) is 0.600. The Hall–Kier alpha value is -2.02. The molecule has 0 bridgehead atoms. The number of likely N-dealkylation sites (N-methyl/N-ethyl adjacent to an activating group) is 1. The van der Waals surface area contributed by atoms with E-state index in [-0.39, 0.29) is 11.7 Å². The summed E-state index contributed by atoms with van der Waals surface area (Å²) in [6, 6.07) is 1.47. The Kier molecular flexibility index (Phi) is 6.42. The van der Waals surface area contributed by atoms with Crippen molar-refractivity contribution in [3.8, 4) is 0 Å². The van der Waals surface area contributed by atoms with Gasteiger partial charge in [0.25, 0.3) is 0 Å². The van der Waals surface area contributed by atoms with Gasteiger partial charge in [-0.3, -0.25) is 0 Å². The zero-order chi connectivity index (χ0) is 16.8. The van der Waals surface area contributed by atoms with Crippen LogP contribution in [0.25, 0.3) is 0 Å². The van der Waals surface area contributed by atoms with Crippen LogP contribution < -0.4 is 5.32 Å². The molecule has 0 unspecified atom stereocenters. The normalized spacial score (nSPS) is 11.3. The van der Waals surface area contributed by atoms with Gasteiger partial charge in [0, 0.05) is 19.6 Å². The molecule has 1 amide bonds. The van der Waals surface area contributed by atoms with E-state index < -0.39 is 11.6 Å². The first-order valence-electron chi connectivity index (χ1n) is 7.22. The molecule has 0 spiro atoms. The van der Waals surface area contributed by atoms with E-state index in [1.807, 2.05) is 27.7 Å². The fourth-order valence-corrected chi connectivity index (χ4v) is 1.72. The van der Waals surface area contributed by atoms with Gasteiger partial charge in [0.15, 0.2) is 0 Å². The summed E-state index contributed by atoms with van der Waals surface area (Å²) < 4.78 is 10.4. The Morgan fingerprint density at radius 2 is 2.09 bits per heavy atom. The summed E-state index contributed by atoms with van der Waals surface area (Å²) in [5.41, 5.74) is -0.389. The van der Waals surface area contributed by atoms with Gasteiger partial charge in [-0.25, -0.2) is 9.59 Å². The van der Waals surface area contributed by atoms with Gasteiger partial charge in [-0.2, -0.15) is 0 Å². The van der Waals surface area contributed by atoms with E-state index in [4.69, 9.17) is 14.3 Å². The molecule has 0 fully saturated rings. The second kappa shape index (κ2) is 7.84. The average Bonchev–Trinajstić information content (AvgIpc) is 2.85. The Balaban J connectivity index is 2.34. The molecule has 0 radical (unpaired) electrons. The standard InChI is InChI=1S/C15H24N2O5/c1-5-17(14(20)22-15(2,3)4)7-6-16-9-12-8-11(10-21-12)13(18)19/h8,10,16H,5-7,9H2,1-4H3,(H,18,19). The van der Waals surface area contributed by atoms with Gasteiger partial charge in [-0.1, -0.05) is 0 Å². The molecule has 7 heteroatoms. The zero-order valence-corrected chi connectivity index (χ0v) is 13.5. The van der Waals surface area contributed by atoms with E-state index in [2.05, 4.69) is 5.32 Å². The Labute approximate surface area is 130 Å². The molecular weight excluding hydrogens is 288 g/mol. The third kappa shape index (κ3) is 6.17. The molecule has 0 aliphatic carbocycles. The molecule has 0 aliphatic rings. The fourth-order valence-electron chi connectivity index (χ4n) is 1.72. The quantitative estimate of drug-likeness (QED) is 0.751. The number of aromatic carboxylic acids is 1. The number of carboxylic acids is 1. The third-order valence-corrected chi connectivity index (χ3v) is 2.79. The van der Waals surface area contributed by atoms with E-state index in [1.54, 1.807) is 4.90 Å². The van der Waals surface area contributed by atoms with E-state index in [0.29, 0.717) is 31.9 Å². The highest BCUT2D eigenvalue weighted by Crippen LogP contribution is 2.10. The van der Waals surface area contributed by atoms with Crippen molar-refractivity contribution in [2.45, 2.75) is 39.8 Å². The lowest BCUT2D eigenvalue weighted by molar-refractivity contribution is 0.0261. The Bertz CT molecular complexity index is 504. The minimum atomic E-state index is -1.02. The van der Waals surface area contributed by atoms with Crippen LogP contribution in [0.1, 0.15) is 43.8 Å². The number of amides is 1. The number of rotatable bonds is 7. The van der Waals surface area contributed by atoms with Gasteiger partial charge in [-0.05, 0) is 33.8 Å². The monoisotopic (exact) mass is 312 g/mol. The lowest BCUT2D eigenvalue weighted by atomic mass is 10.2. The van der Waals surface area contributed by atoms with Crippen molar-refractivity contribution >= 4 is 12.1 Å². The van der Waals surface area contributed by atoms with Gasteiger partial charge in [0.05, 0.1) is 12.1 Å². The number of furan rings is 1. The van der Waals surface area contributed by atoms with Crippen LogP contribution in [0.4, 0.5) is 4.79 Å². The van der Waals surface area contributed by atoms with Crippen molar-refractivity contribution in [2.75, 3.05) is 19.6 Å². The summed E-state index contributed by atoms with van der Waals surface area (Å²) in [6.07, 6.45) is 0.862. The number of hydrogen-bond donors (Lipinski definition) is 2. The summed E-state index contributed by atoms with van der Waals surface area (Å²) in [6.45, 7) is 9.37. The smallest absolute Gasteiger partial charge is 0.410 e. The van der Waals surface area contributed by atoms with E-state index in [9.17, 15) is 9.59 Å². The van der Waals surface area contributed by atoms with Gasteiger partial charge in [0.2, 0.25) is 0 Å². The van der Waals surface area contributed by atoms with Crippen LogP contribution in [-0.4, -0.2) is 47.3 Å². The highest BCUT2D eigenvalue weighted by molar-refractivity contribution is 5.87. The lowest BCUT2D eigenvalue weighted by Gasteiger charge is -2.26. The summed E-state index contributed by atoms with van der Waals surface area (Å²) in [5, 5.41) is 11.9. The number of carbonyl (C=O) groups excluding carboxylic acids is 1. The van der Waals surface area contributed by atoms with Gasteiger partial charge < -0.3 is 24.5 Å². The van der Waals surface area contributed by atoms with E-state index in [1.165, 1.54) is 12.3 Å². The molecule has 0 aliphatic heterocycles. The molecule has 1 heterocycles. The van der Waals surface area contributed by atoms with Crippen molar-refractivity contribution < 1.29 is 23.8 Å². The zero-order valence-electron chi connectivity index (χ0n) is 13.5. The minimum absolute atomic E-state index is 0.126. The molecule has 0 aromatic carbocycles. The SMILES string of the molecule is CCN(CCNCc1cc(C(=O)O)co1)C(=O)OC(C)(C)C. The first-order chi connectivity index (χ1) is 10.2. The Morgan fingerprint density at radius 3 is 2.59 bits per heavy atom. The van der Waals surface area contributed by atoms with Gasteiger partial charge in [0.1, 0.15) is 17.6 Å². The number of carboxylic acid groups (broad SMARTS) is 1. The van der Waals surface area contributed by atoms with E-state index in [0.717, 1.165) is 0 Å². The van der Waals surface area contributed by atoms with Crippen LogP contribution in [-0.2, 0) is 11.3 Å². The summed E-state index contributed by atoms with van der Waals surface area (Å²) in [5.74, 6) is -0.477. The number of nitrogens with one attached hydrogen (secondary N) is 1. The summed E-state index contributed by atoms with van der Waals surface area (Å²) in [4.78, 5) is 24.2. The van der Waals surface area contributed by atoms with Crippen LogP contribution in [0.2, 0.25) is 0 Å². The molecule has 0 atom stereocenters. The van der Waals surface area contributed by atoms with Crippen molar-refractivity contribution in [3.63, 3.8) is 0 Å². The molecule has 0 saturated carbocycles. The van der Waals surface area contributed by atoms with Crippen LogP contribution in [0.5, 0.6) is 0 Å². The molecular formula is C15H24N2O5. The maximum Gasteiger partial charge on any atom is 0.410 e. The molecule has 7 nitrogen and oxygen atoms in total. The third-order valence-electron chi connectivity index (χ3n) is 2.79. The van der Waals surface area contributed by atoms with Crippen molar-refractivity contribution in [1.29, 1.82) is 0 Å². The maximum atomic E-state index is 11.9. The first-order valence-corrected chi connectivity index (χ1v) is 7.22. The minimum Gasteiger partial charge on any atom is -0.478 e. The summed E-state index contributed by atoms with van der Waals surface area (Å²) >= 11 is 0. The number of ether oxygens (including phenoxy) is 1. The second-order valence-electron chi connectivity index (χ2n) is 5.84. The average molecular weight is 312 g/mol. The number of nitrogens with zero attached hydrogens (tertiary/aromatic N) is 1. The largest absolute Gasteiger partial charge is 0.478 e. The first kappa shape index (κ1) is 18.0. The molecule has 0 saturated heterocycles. The number of hydrogen-bond acceptors (Lipinski definition) is 5. The Morgan fingerprint density at radius 1 is 1.41 bits per heavy atom.